The first-order chi connectivity index (χ1) is 10.7. The van der Waals surface area contributed by atoms with Crippen LogP contribution in [0.3, 0.4) is 0 Å². The molecule has 7 nitrogen and oxygen atoms in total. The van der Waals surface area contributed by atoms with Crippen LogP contribution in [0.4, 0.5) is 0 Å². The van der Waals surface area contributed by atoms with Gasteiger partial charge in [0.15, 0.2) is 6.29 Å². The van der Waals surface area contributed by atoms with E-state index in [0.717, 1.165) is 30.3 Å². The van der Waals surface area contributed by atoms with Gasteiger partial charge in [-0.05, 0) is 25.0 Å². The number of para-hydroxylation sites is 2. The Morgan fingerprint density at radius 1 is 1.36 bits per heavy atom. The topological polar surface area (TPSA) is 74.5 Å². The zero-order valence-corrected chi connectivity index (χ0v) is 12.4. The van der Waals surface area contributed by atoms with Crippen LogP contribution in [-0.2, 0) is 28.0 Å². The molecule has 1 atom stereocenters. The highest BCUT2D eigenvalue weighted by molar-refractivity contribution is 5.80. The van der Waals surface area contributed by atoms with Gasteiger partial charge >= 0.3 is 5.69 Å². The van der Waals surface area contributed by atoms with Gasteiger partial charge in [-0.15, -0.1) is 0 Å². The zero-order chi connectivity index (χ0) is 15.5. The highest BCUT2D eigenvalue weighted by atomic mass is 16.8. The van der Waals surface area contributed by atoms with Crippen molar-refractivity contribution < 1.29 is 14.4 Å². The molecule has 1 aliphatic heterocycles. The number of fused-ring (bicyclic) bond motifs is 1. The molecule has 22 heavy (non-hydrogen) atoms. The number of hydroxylamine groups is 1. The quantitative estimate of drug-likeness (QED) is 0.852. The molecule has 0 spiro atoms. The number of hydrogen-bond acceptors (Lipinski definition) is 4. The minimum Gasteiger partial charge on any atom is -0.350 e. The molecular formula is C15H19N3O4. The predicted octanol–water partition coefficient (Wildman–Crippen LogP) is 0.914. The first kappa shape index (κ1) is 14.8. The minimum absolute atomic E-state index is 0.0904. The molecule has 2 heterocycles. The van der Waals surface area contributed by atoms with E-state index in [4.69, 9.17) is 9.57 Å². The van der Waals surface area contributed by atoms with Crippen molar-refractivity contribution in [1.29, 1.82) is 0 Å². The summed E-state index contributed by atoms with van der Waals surface area (Å²) in [6.07, 6.45) is 2.39. The van der Waals surface area contributed by atoms with E-state index in [9.17, 15) is 9.59 Å². The summed E-state index contributed by atoms with van der Waals surface area (Å²) in [6.45, 7) is 0.552. The molecule has 1 aliphatic rings. The van der Waals surface area contributed by atoms with Gasteiger partial charge in [0.05, 0.1) is 11.0 Å². The maximum atomic E-state index is 12.2. The molecule has 3 rings (SSSR count). The highest BCUT2D eigenvalue weighted by Crippen LogP contribution is 2.13. The fourth-order valence-electron chi connectivity index (χ4n) is 2.63. The summed E-state index contributed by atoms with van der Waals surface area (Å²) in [5, 5.41) is 0. The van der Waals surface area contributed by atoms with Gasteiger partial charge in [0, 0.05) is 20.1 Å². The van der Waals surface area contributed by atoms with Gasteiger partial charge in [-0.2, -0.15) is 0 Å². The molecule has 2 aromatic rings. The molecule has 1 N–H and O–H groups in total. The highest BCUT2D eigenvalue weighted by Gasteiger charge is 2.17. The standard InChI is InChI=1S/C15H19N3O4/c1-17-11-6-2-3-7-12(11)18(15(17)20)10-13(19)16-22-14-8-4-5-9-21-14/h2-3,6-7,14H,4-5,8-10H2,1H3,(H,16,19). The van der Waals surface area contributed by atoms with Crippen LogP contribution in [0.2, 0.25) is 0 Å². The lowest BCUT2D eigenvalue weighted by Crippen LogP contribution is -2.36. The lowest BCUT2D eigenvalue weighted by atomic mass is 10.2. The van der Waals surface area contributed by atoms with E-state index < -0.39 is 6.29 Å². The summed E-state index contributed by atoms with van der Waals surface area (Å²) in [5.41, 5.74) is 3.65. The van der Waals surface area contributed by atoms with Crippen molar-refractivity contribution in [1.82, 2.24) is 14.6 Å². The zero-order valence-electron chi connectivity index (χ0n) is 12.4. The molecular weight excluding hydrogens is 286 g/mol. The van der Waals surface area contributed by atoms with Crippen molar-refractivity contribution in [2.45, 2.75) is 32.1 Å². The smallest absolute Gasteiger partial charge is 0.329 e. The second-order valence-electron chi connectivity index (χ2n) is 5.36. The van der Waals surface area contributed by atoms with Gasteiger partial charge in [-0.25, -0.2) is 15.1 Å². The fraction of sp³-hybridized carbons (Fsp3) is 0.467. The van der Waals surface area contributed by atoms with Crippen LogP contribution in [0.5, 0.6) is 0 Å². The first-order valence-electron chi connectivity index (χ1n) is 7.37. The van der Waals surface area contributed by atoms with Crippen LogP contribution in [0.25, 0.3) is 11.0 Å². The van der Waals surface area contributed by atoms with Crippen molar-refractivity contribution in [3.8, 4) is 0 Å². The van der Waals surface area contributed by atoms with Crippen molar-refractivity contribution in [2.75, 3.05) is 6.61 Å². The molecule has 1 fully saturated rings. The van der Waals surface area contributed by atoms with Crippen LogP contribution in [0.1, 0.15) is 19.3 Å². The Hall–Kier alpha value is -2.12. The average Bonchev–Trinajstić information content (AvgIpc) is 2.79. The maximum Gasteiger partial charge on any atom is 0.329 e. The van der Waals surface area contributed by atoms with Crippen molar-refractivity contribution in [2.24, 2.45) is 7.05 Å². The third-order valence-electron chi connectivity index (χ3n) is 3.80. The molecule has 1 aromatic carbocycles. The molecule has 0 bridgehead atoms. The Morgan fingerprint density at radius 3 is 2.86 bits per heavy atom. The molecule has 1 aromatic heterocycles. The number of amides is 1. The van der Waals surface area contributed by atoms with Crippen LogP contribution in [0, 0.1) is 0 Å². The average molecular weight is 305 g/mol. The van der Waals surface area contributed by atoms with Crippen LogP contribution < -0.4 is 11.2 Å². The van der Waals surface area contributed by atoms with Crippen LogP contribution in [0.15, 0.2) is 29.1 Å². The molecule has 118 valence electrons. The summed E-state index contributed by atoms with van der Waals surface area (Å²) < 4.78 is 8.31. The Labute approximate surface area is 127 Å². The molecule has 1 amide bonds. The number of imidazole rings is 1. The maximum absolute atomic E-state index is 12.2. The van der Waals surface area contributed by atoms with E-state index in [1.807, 2.05) is 24.3 Å². The Morgan fingerprint density at radius 2 is 2.14 bits per heavy atom. The van der Waals surface area contributed by atoms with Crippen molar-refractivity contribution in [3.63, 3.8) is 0 Å². The normalized spacial score (nSPS) is 18.5. The van der Waals surface area contributed by atoms with E-state index >= 15 is 0 Å². The Balaban J connectivity index is 1.69. The number of hydrogen-bond donors (Lipinski definition) is 1. The molecule has 0 aliphatic carbocycles. The van der Waals surface area contributed by atoms with Gasteiger partial charge in [0.25, 0.3) is 5.91 Å². The first-order valence-corrected chi connectivity index (χ1v) is 7.37. The number of benzene rings is 1. The summed E-state index contributed by atoms with van der Waals surface area (Å²) in [6, 6.07) is 7.35. The summed E-state index contributed by atoms with van der Waals surface area (Å²) in [4.78, 5) is 29.4. The molecule has 1 unspecified atom stereocenters. The third kappa shape index (κ3) is 2.90. The Bertz CT molecular complexity index is 728. The third-order valence-corrected chi connectivity index (χ3v) is 3.80. The number of ether oxygens (including phenoxy) is 1. The number of rotatable bonds is 4. The number of carbonyl (C=O) groups is 1. The van der Waals surface area contributed by atoms with Crippen LogP contribution in [-0.4, -0.2) is 27.9 Å². The molecule has 7 heteroatoms. The fourth-order valence-corrected chi connectivity index (χ4v) is 2.63. The number of aryl methyl sites for hydroxylation is 1. The van der Waals surface area contributed by atoms with Gasteiger partial charge in [-0.1, -0.05) is 12.1 Å². The Kier molecular flexibility index (Phi) is 4.26. The van der Waals surface area contributed by atoms with E-state index in [1.54, 1.807) is 7.05 Å². The number of nitrogens with one attached hydrogen (secondary N) is 1. The number of nitrogens with zero attached hydrogens (tertiary/aromatic N) is 2. The van der Waals surface area contributed by atoms with E-state index in [0.29, 0.717) is 6.61 Å². The van der Waals surface area contributed by atoms with Gasteiger partial charge < -0.3 is 4.74 Å². The number of carbonyl (C=O) groups excluding carboxylic acids is 1. The monoisotopic (exact) mass is 305 g/mol. The summed E-state index contributed by atoms with van der Waals surface area (Å²) in [7, 11) is 1.69. The lowest BCUT2D eigenvalue weighted by molar-refractivity contribution is -0.200. The summed E-state index contributed by atoms with van der Waals surface area (Å²) in [5.74, 6) is -0.382. The lowest BCUT2D eigenvalue weighted by Gasteiger charge is -2.22. The van der Waals surface area contributed by atoms with E-state index in [1.165, 1.54) is 9.13 Å². The van der Waals surface area contributed by atoms with Crippen molar-refractivity contribution >= 4 is 16.9 Å². The second kappa shape index (κ2) is 6.33. The second-order valence-corrected chi connectivity index (χ2v) is 5.36. The minimum atomic E-state index is -0.401. The van der Waals surface area contributed by atoms with E-state index in [-0.39, 0.29) is 18.1 Å². The van der Waals surface area contributed by atoms with Crippen molar-refractivity contribution in [3.05, 3.63) is 34.7 Å². The number of aromatic nitrogens is 2. The predicted molar refractivity (Wildman–Crippen MR) is 80.0 cm³/mol. The summed E-state index contributed by atoms with van der Waals surface area (Å²) >= 11 is 0. The van der Waals surface area contributed by atoms with E-state index in [2.05, 4.69) is 5.48 Å². The van der Waals surface area contributed by atoms with Gasteiger partial charge in [0.2, 0.25) is 0 Å². The van der Waals surface area contributed by atoms with Gasteiger partial charge in [0.1, 0.15) is 6.54 Å². The SMILES string of the molecule is Cn1c(=O)n(CC(=O)NOC2CCCCO2)c2ccccc21. The molecule has 0 radical (unpaired) electrons. The largest absolute Gasteiger partial charge is 0.350 e. The molecule has 0 saturated carbocycles. The molecule has 1 saturated heterocycles. The van der Waals surface area contributed by atoms with Crippen LogP contribution >= 0.6 is 0 Å². The van der Waals surface area contributed by atoms with Gasteiger partial charge in [-0.3, -0.25) is 13.9 Å².